The van der Waals surface area contributed by atoms with Gasteiger partial charge < -0.3 is 4.74 Å². The second-order valence-electron chi connectivity index (χ2n) is 1.01. The van der Waals surface area contributed by atoms with E-state index in [9.17, 15) is 4.79 Å². The minimum atomic E-state index is -0.383. The van der Waals surface area contributed by atoms with Gasteiger partial charge in [-0.2, -0.15) is 4.89 Å². The molecular formula is C3H4O4. The largest absolute Gasteiger partial charge is 0.434 e. The van der Waals surface area contributed by atoms with Crippen LogP contribution in [0, 0.1) is 0 Å². The van der Waals surface area contributed by atoms with Gasteiger partial charge in [0.1, 0.15) is 0 Å². The van der Waals surface area contributed by atoms with E-state index in [2.05, 4.69) is 14.5 Å². The Labute approximate surface area is 39.9 Å². The lowest BCUT2D eigenvalue weighted by Crippen LogP contribution is -2.21. The first-order chi connectivity index (χ1) is 3.39. The quantitative estimate of drug-likeness (QED) is 0.305. The first kappa shape index (κ1) is 4.55. The Balaban J connectivity index is 2.25. The van der Waals surface area contributed by atoms with Crippen LogP contribution in [0.4, 0.5) is 0 Å². The van der Waals surface area contributed by atoms with E-state index >= 15 is 0 Å². The molecule has 1 fully saturated rings. The van der Waals surface area contributed by atoms with E-state index in [0.717, 1.165) is 0 Å². The molecule has 0 aromatic rings. The predicted octanol–water partition coefficient (Wildman–Crippen LogP) is -0.551. The summed E-state index contributed by atoms with van der Waals surface area (Å²) in [6.45, 7) is -0.182. The number of esters is 1. The molecule has 1 aliphatic rings. The molecule has 0 aromatic carbocycles. The summed E-state index contributed by atoms with van der Waals surface area (Å²) in [5, 5.41) is 0. The number of ether oxygens (including phenoxy) is 1. The Hall–Kier alpha value is -0.610. The van der Waals surface area contributed by atoms with Crippen molar-refractivity contribution in [2.24, 2.45) is 0 Å². The molecule has 0 N–H and O–H groups in total. The molecule has 0 amide bonds. The van der Waals surface area contributed by atoms with E-state index in [4.69, 9.17) is 0 Å². The van der Waals surface area contributed by atoms with Crippen LogP contribution in [0.1, 0.15) is 0 Å². The van der Waals surface area contributed by atoms with Crippen LogP contribution >= 0.6 is 0 Å². The Kier molecular flexibility index (Phi) is 1.24. The van der Waals surface area contributed by atoms with Gasteiger partial charge in [-0.05, 0) is 0 Å². The minimum absolute atomic E-state index is 0.0845. The maximum Gasteiger partial charge on any atom is 0.337 e. The van der Waals surface area contributed by atoms with Gasteiger partial charge in [0.15, 0.2) is 6.61 Å². The zero-order valence-electron chi connectivity index (χ0n) is 3.55. The maximum absolute atomic E-state index is 10.0. The molecule has 0 saturated carbocycles. The number of hydrogen-bond donors (Lipinski definition) is 0. The summed E-state index contributed by atoms with van der Waals surface area (Å²) < 4.78 is 4.29. The molecule has 4 nitrogen and oxygen atoms in total. The number of carbonyl (C=O) groups is 1. The Morgan fingerprint density at radius 3 is 2.57 bits per heavy atom. The van der Waals surface area contributed by atoms with Crippen molar-refractivity contribution in [3.05, 3.63) is 0 Å². The summed E-state index contributed by atoms with van der Waals surface area (Å²) >= 11 is 0. The van der Waals surface area contributed by atoms with Gasteiger partial charge in [-0.25, -0.2) is 9.68 Å². The van der Waals surface area contributed by atoms with Crippen molar-refractivity contribution < 1.29 is 19.3 Å². The van der Waals surface area contributed by atoms with E-state index in [1.54, 1.807) is 0 Å². The van der Waals surface area contributed by atoms with Crippen LogP contribution in [0.3, 0.4) is 0 Å². The second kappa shape index (κ2) is 1.90. The van der Waals surface area contributed by atoms with E-state index in [-0.39, 0.29) is 19.4 Å². The lowest BCUT2D eigenvalue weighted by molar-refractivity contribution is -0.352. The van der Waals surface area contributed by atoms with Gasteiger partial charge in [0.2, 0.25) is 6.79 Å². The van der Waals surface area contributed by atoms with Crippen LogP contribution in [-0.2, 0) is 19.3 Å². The summed E-state index contributed by atoms with van der Waals surface area (Å²) in [5.74, 6) is -0.383. The standard InChI is InChI=1S/C3H4O4/c4-3-1-6-7-2-5-3/h1-2H2. The average Bonchev–Trinajstić information content (AvgIpc) is 1.69. The van der Waals surface area contributed by atoms with Crippen molar-refractivity contribution in [1.82, 2.24) is 0 Å². The summed E-state index contributed by atoms with van der Waals surface area (Å²) in [6.07, 6.45) is 0. The van der Waals surface area contributed by atoms with Crippen molar-refractivity contribution in [1.29, 1.82) is 0 Å². The topological polar surface area (TPSA) is 44.8 Å². The Morgan fingerprint density at radius 2 is 2.29 bits per heavy atom. The van der Waals surface area contributed by atoms with E-state index in [1.807, 2.05) is 0 Å². The summed E-state index contributed by atoms with van der Waals surface area (Å²) in [7, 11) is 0. The molecule has 1 heterocycles. The highest BCUT2D eigenvalue weighted by Gasteiger charge is 2.08. The van der Waals surface area contributed by atoms with Gasteiger partial charge in [-0.3, -0.25) is 0 Å². The lowest BCUT2D eigenvalue weighted by Gasteiger charge is -2.08. The fourth-order valence-corrected chi connectivity index (χ4v) is 0.255. The maximum atomic E-state index is 10.0. The van der Waals surface area contributed by atoms with Crippen molar-refractivity contribution in [2.75, 3.05) is 13.4 Å². The molecule has 0 atom stereocenters. The predicted molar refractivity (Wildman–Crippen MR) is 18.0 cm³/mol. The molecule has 40 valence electrons. The van der Waals surface area contributed by atoms with Gasteiger partial charge >= 0.3 is 5.97 Å². The van der Waals surface area contributed by atoms with Crippen molar-refractivity contribution in [3.8, 4) is 0 Å². The molecule has 1 rings (SSSR count). The van der Waals surface area contributed by atoms with Crippen LogP contribution in [0.5, 0.6) is 0 Å². The molecular weight excluding hydrogens is 100 g/mol. The number of cyclic esters (lactones) is 1. The molecule has 0 aliphatic carbocycles. The molecule has 0 spiro atoms. The molecule has 0 unspecified atom stereocenters. The third-order valence-corrected chi connectivity index (χ3v) is 0.528. The average molecular weight is 104 g/mol. The van der Waals surface area contributed by atoms with Gasteiger partial charge in [0, 0.05) is 0 Å². The van der Waals surface area contributed by atoms with Crippen molar-refractivity contribution in [3.63, 3.8) is 0 Å². The molecule has 1 saturated heterocycles. The fourth-order valence-electron chi connectivity index (χ4n) is 0.255. The third kappa shape index (κ3) is 1.13. The van der Waals surface area contributed by atoms with Gasteiger partial charge in [0.05, 0.1) is 0 Å². The van der Waals surface area contributed by atoms with Crippen LogP contribution in [-0.4, -0.2) is 19.4 Å². The number of hydrogen-bond acceptors (Lipinski definition) is 4. The smallest absolute Gasteiger partial charge is 0.337 e. The molecule has 4 heteroatoms. The highest BCUT2D eigenvalue weighted by atomic mass is 17.2. The first-order valence-corrected chi connectivity index (χ1v) is 1.79. The fraction of sp³-hybridized carbons (Fsp3) is 0.667. The first-order valence-electron chi connectivity index (χ1n) is 1.79. The van der Waals surface area contributed by atoms with Crippen molar-refractivity contribution in [2.45, 2.75) is 0 Å². The van der Waals surface area contributed by atoms with Crippen LogP contribution < -0.4 is 0 Å². The highest BCUT2D eigenvalue weighted by Crippen LogP contribution is 1.90. The third-order valence-electron chi connectivity index (χ3n) is 0.528. The monoisotopic (exact) mass is 104 g/mol. The van der Waals surface area contributed by atoms with Crippen LogP contribution in [0.25, 0.3) is 0 Å². The minimum Gasteiger partial charge on any atom is -0.434 e. The SMILES string of the molecule is O=C1COOCO1. The van der Waals surface area contributed by atoms with E-state index < -0.39 is 0 Å². The van der Waals surface area contributed by atoms with Crippen LogP contribution in [0.15, 0.2) is 0 Å². The van der Waals surface area contributed by atoms with Crippen molar-refractivity contribution >= 4 is 5.97 Å². The molecule has 7 heavy (non-hydrogen) atoms. The summed E-state index contributed by atoms with van der Waals surface area (Å²) in [5.41, 5.74) is 0. The second-order valence-corrected chi connectivity index (χ2v) is 1.01. The molecule has 0 aromatic heterocycles. The van der Waals surface area contributed by atoms with Gasteiger partial charge in [0.25, 0.3) is 0 Å². The zero-order valence-corrected chi connectivity index (χ0v) is 3.55. The van der Waals surface area contributed by atoms with E-state index in [1.165, 1.54) is 0 Å². The summed E-state index contributed by atoms with van der Waals surface area (Å²) in [4.78, 5) is 18.4. The zero-order chi connectivity index (χ0) is 5.11. The normalized spacial score (nSPS) is 21.4. The Bertz CT molecular complexity index is 71.0. The van der Waals surface area contributed by atoms with Crippen LogP contribution in [0.2, 0.25) is 0 Å². The highest BCUT2D eigenvalue weighted by molar-refractivity contribution is 5.70. The van der Waals surface area contributed by atoms with Gasteiger partial charge in [-0.15, -0.1) is 0 Å². The molecule has 1 aliphatic heterocycles. The summed E-state index contributed by atoms with van der Waals surface area (Å²) in [6, 6.07) is 0. The number of carbonyl (C=O) groups excluding carboxylic acids is 1. The van der Waals surface area contributed by atoms with Gasteiger partial charge in [-0.1, -0.05) is 0 Å². The molecule has 0 bridgehead atoms. The van der Waals surface area contributed by atoms with E-state index in [0.29, 0.717) is 0 Å². The molecule has 0 radical (unpaired) electrons. The Morgan fingerprint density at radius 1 is 1.43 bits per heavy atom. The lowest BCUT2D eigenvalue weighted by atomic mass is 10.7. The number of rotatable bonds is 0.